The van der Waals surface area contributed by atoms with E-state index in [1.165, 1.54) is 22.7 Å². The Labute approximate surface area is 192 Å². The summed E-state index contributed by atoms with van der Waals surface area (Å²) in [7, 11) is 3.14. The van der Waals surface area contributed by atoms with Crippen molar-refractivity contribution >= 4 is 17.2 Å². The van der Waals surface area contributed by atoms with Gasteiger partial charge in [-0.2, -0.15) is 0 Å². The molecule has 7 nitrogen and oxygen atoms in total. The first-order valence-corrected chi connectivity index (χ1v) is 11.1. The van der Waals surface area contributed by atoms with Gasteiger partial charge < -0.3 is 4.57 Å². The minimum absolute atomic E-state index is 0.308. The molecule has 33 heavy (non-hydrogen) atoms. The van der Waals surface area contributed by atoms with Crippen LogP contribution in [-0.2, 0) is 27.2 Å². The topological polar surface area (TPSA) is 65.1 Å². The van der Waals surface area contributed by atoms with Crippen molar-refractivity contribution in [2.75, 3.05) is 13.1 Å². The van der Waals surface area contributed by atoms with Crippen LogP contribution in [0.1, 0.15) is 17.5 Å². The van der Waals surface area contributed by atoms with Crippen LogP contribution in [0.25, 0.3) is 17.2 Å². The van der Waals surface area contributed by atoms with Crippen molar-refractivity contribution in [3.63, 3.8) is 0 Å². The summed E-state index contributed by atoms with van der Waals surface area (Å²) < 4.78 is 4.41. The molecule has 0 spiro atoms. The van der Waals surface area contributed by atoms with E-state index in [9.17, 15) is 9.59 Å². The zero-order chi connectivity index (χ0) is 23.2. The number of aromatic nitrogens is 4. The molecular weight excluding hydrogens is 414 g/mol. The predicted octanol–water partition coefficient (Wildman–Crippen LogP) is 3.04. The summed E-state index contributed by atoms with van der Waals surface area (Å²) >= 11 is 0. The number of nitrogens with zero attached hydrogens (tertiary/aromatic N) is 5. The first-order chi connectivity index (χ1) is 16.0. The second-order valence-electron chi connectivity index (χ2n) is 8.20. The maximum atomic E-state index is 12.7. The summed E-state index contributed by atoms with van der Waals surface area (Å²) in [6.45, 7) is 3.18. The molecule has 0 fully saturated rings. The lowest BCUT2D eigenvalue weighted by Gasteiger charge is -2.21. The number of imidazole rings is 1. The fourth-order valence-electron chi connectivity index (χ4n) is 4.01. The third kappa shape index (κ3) is 5.21. The zero-order valence-corrected chi connectivity index (χ0v) is 19.1. The standard InChI is InChI=1S/C26H29N5O2/c1-28-24-23(25(32)29(2)26(28)33)31(20-27-24)18-10-17-30(19-22-13-7-4-8-14-22)16-9-15-21-11-5-3-6-12-21/h3-9,11-15,20H,10,16-19H2,1-2H3/b15-9+. The summed E-state index contributed by atoms with van der Waals surface area (Å²) in [5.74, 6) is 0. The van der Waals surface area contributed by atoms with Crippen LogP contribution in [0.15, 0.2) is 82.7 Å². The highest BCUT2D eigenvalue weighted by molar-refractivity contribution is 5.69. The van der Waals surface area contributed by atoms with Gasteiger partial charge in [-0.05, 0) is 17.5 Å². The van der Waals surface area contributed by atoms with Gasteiger partial charge in [0.25, 0.3) is 5.56 Å². The molecule has 0 aliphatic rings. The summed E-state index contributed by atoms with van der Waals surface area (Å²) in [6, 6.07) is 20.7. The van der Waals surface area contributed by atoms with Crippen LogP contribution in [-0.4, -0.2) is 36.7 Å². The molecule has 4 rings (SSSR count). The van der Waals surface area contributed by atoms with Gasteiger partial charge in [-0.15, -0.1) is 0 Å². The molecule has 2 heterocycles. The monoisotopic (exact) mass is 443 g/mol. The maximum absolute atomic E-state index is 12.7. The van der Waals surface area contributed by atoms with E-state index in [1.54, 1.807) is 13.4 Å². The Bertz CT molecular complexity index is 1350. The Morgan fingerprint density at radius 1 is 0.939 bits per heavy atom. The fraction of sp³-hybridized carbons (Fsp3) is 0.269. The quantitative estimate of drug-likeness (QED) is 0.399. The first-order valence-electron chi connectivity index (χ1n) is 11.1. The summed E-state index contributed by atoms with van der Waals surface area (Å²) in [5.41, 5.74) is 2.67. The van der Waals surface area contributed by atoms with Crippen molar-refractivity contribution in [1.82, 2.24) is 23.6 Å². The molecule has 0 saturated heterocycles. The van der Waals surface area contributed by atoms with Gasteiger partial charge in [0.05, 0.1) is 6.33 Å². The highest BCUT2D eigenvalue weighted by Crippen LogP contribution is 2.10. The van der Waals surface area contributed by atoms with Gasteiger partial charge in [0, 0.05) is 40.3 Å². The van der Waals surface area contributed by atoms with Gasteiger partial charge in [0.1, 0.15) is 0 Å². The van der Waals surface area contributed by atoms with Crippen molar-refractivity contribution in [1.29, 1.82) is 0 Å². The van der Waals surface area contributed by atoms with E-state index in [-0.39, 0.29) is 11.2 Å². The number of benzene rings is 2. The van der Waals surface area contributed by atoms with Crippen LogP contribution in [0.5, 0.6) is 0 Å². The van der Waals surface area contributed by atoms with Crippen LogP contribution in [0.4, 0.5) is 0 Å². The van der Waals surface area contributed by atoms with Crippen molar-refractivity contribution in [3.05, 3.63) is 105 Å². The van der Waals surface area contributed by atoms with E-state index < -0.39 is 0 Å². The molecule has 2 aromatic carbocycles. The van der Waals surface area contributed by atoms with Crippen LogP contribution < -0.4 is 11.2 Å². The lowest BCUT2D eigenvalue weighted by molar-refractivity contribution is 0.285. The highest BCUT2D eigenvalue weighted by Gasteiger charge is 2.14. The molecule has 0 aliphatic heterocycles. The lowest BCUT2D eigenvalue weighted by atomic mass is 10.2. The molecule has 7 heteroatoms. The minimum atomic E-state index is -0.364. The molecule has 0 bridgehead atoms. The Kier molecular flexibility index (Phi) is 7.00. The lowest BCUT2D eigenvalue weighted by Crippen LogP contribution is -2.37. The number of rotatable bonds is 9. The largest absolute Gasteiger partial charge is 0.332 e. The number of fused-ring (bicyclic) bond motifs is 1. The summed E-state index contributed by atoms with van der Waals surface area (Å²) in [5, 5.41) is 0. The average molecular weight is 444 g/mol. The molecule has 0 atom stereocenters. The molecule has 170 valence electrons. The van der Waals surface area contributed by atoms with E-state index in [0.29, 0.717) is 17.7 Å². The second-order valence-corrected chi connectivity index (χ2v) is 8.20. The molecule has 0 unspecified atom stereocenters. The Morgan fingerprint density at radius 3 is 2.36 bits per heavy atom. The first kappa shape index (κ1) is 22.5. The maximum Gasteiger partial charge on any atom is 0.332 e. The Hall–Kier alpha value is -3.71. The van der Waals surface area contributed by atoms with Crippen LogP contribution in [0.2, 0.25) is 0 Å². The van der Waals surface area contributed by atoms with Crippen LogP contribution in [0, 0.1) is 0 Å². The smallest absolute Gasteiger partial charge is 0.325 e. The Balaban J connectivity index is 1.47. The molecule has 0 N–H and O–H groups in total. The number of hydrogen-bond acceptors (Lipinski definition) is 4. The van der Waals surface area contributed by atoms with Gasteiger partial charge in [-0.25, -0.2) is 9.78 Å². The van der Waals surface area contributed by atoms with Crippen molar-refractivity contribution in [2.24, 2.45) is 14.1 Å². The molecule has 0 amide bonds. The van der Waals surface area contributed by atoms with E-state index in [0.717, 1.165) is 30.6 Å². The summed E-state index contributed by atoms with van der Waals surface area (Å²) in [4.78, 5) is 31.5. The van der Waals surface area contributed by atoms with Gasteiger partial charge in [0.2, 0.25) is 0 Å². The number of hydrogen-bond donors (Lipinski definition) is 0. The minimum Gasteiger partial charge on any atom is -0.325 e. The molecule has 2 aromatic heterocycles. The van der Waals surface area contributed by atoms with Crippen molar-refractivity contribution < 1.29 is 0 Å². The van der Waals surface area contributed by atoms with Crippen LogP contribution in [0.3, 0.4) is 0 Å². The van der Waals surface area contributed by atoms with Crippen molar-refractivity contribution in [2.45, 2.75) is 19.5 Å². The predicted molar refractivity (Wildman–Crippen MR) is 132 cm³/mol. The fourth-order valence-corrected chi connectivity index (χ4v) is 4.01. The number of aryl methyl sites for hydroxylation is 2. The average Bonchev–Trinajstić information content (AvgIpc) is 3.26. The normalized spacial score (nSPS) is 11.7. The van der Waals surface area contributed by atoms with E-state index in [1.807, 2.05) is 28.8 Å². The SMILES string of the molecule is Cn1c(=O)c2c(ncn2CCCN(C/C=C/c2ccccc2)Cc2ccccc2)n(C)c1=O. The summed E-state index contributed by atoms with van der Waals surface area (Å²) in [6.07, 6.45) is 6.84. The van der Waals surface area contributed by atoms with E-state index in [4.69, 9.17) is 0 Å². The zero-order valence-electron chi connectivity index (χ0n) is 19.1. The van der Waals surface area contributed by atoms with E-state index in [2.05, 4.69) is 58.4 Å². The van der Waals surface area contributed by atoms with Gasteiger partial charge in [0.15, 0.2) is 11.2 Å². The Morgan fingerprint density at radius 2 is 1.64 bits per heavy atom. The van der Waals surface area contributed by atoms with Crippen molar-refractivity contribution in [3.8, 4) is 0 Å². The second kappa shape index (κ2) is 10.3. The third-order valence-electron chi connectivity index (χ3n) is 5.81. The molecule has 0 aliphatic carbocycles. The van der Waals surface area contributed by atoms with Gasteiger partial charge in [-0.1, -0.05) is 72.8 Å². The van der Waals surface area contributed by atoms with E-state index >= 15 is 0 Å². The molecule has 0 saturated carbocycles. The highest BCUT2D eigenvalue weighted by atomic mass is 16.2. The molecule has 0 radical (unpaired) electrons. The third-order valence-corrected chi connectivity index (χ3v) is 5.81. The van der Waals surface area contributed by atoms with Crippen LogP contribution >= 0.6 is 0 Å². The molecule has 4 aromatic rings. The van der Waals surface area contributed by atoms with Gasteiger partial charge >= 0.3 is 5.69 Å². The molecular formula is C26H29N5O2. The van der Waals surface area contributed by atoms with Gasteiger partial charge in [-0.3, -0.25) is 18.8 Å².